The largest absolute Gasteiger partial charge is 0.497 e. The lowest BCUT2D eigenvalue weighted by Gasteiger charge is -2.24. The van der Waals surface area contributed by atoms with E-state index >= 15 is 0 Å². The number of allylic oxidation sites excluding steroid dienone is 1. The van der Waals surface area contributed by atoms with Crippen molar-refractivity contribution >= 4 is 21.5 Å². The van der Waals surface area contributed by atoms with Gasteiger partial charge in [0, 0.05) is 17.1 Å². The lowest BCUT2D eigenvalue weighted by molar-refractivity contribution is -0.0710. The van der Waals surface area contributed by atoms with Crippen LogP contribution < -0.4 is 9.57 Å². The van der Waals surface area contributed by atoms with Gasteiger partial charge >= 0.3 is 0 Å². The number of fused-ring (bicyclic) bond motifs is 1. The molecule has 1 heterocycles. The van der Waals surface area contributed by atoms with Crippen molar-refractivity contribution in [2.75, 3.05) is 13.7 Å². The number of aryl methyl sites for hydroxylation is 1. The van der Waals surface area contributed by atoms with Gasteiger partial charge in [-0.3, -0.25) is 0 Å². The van der Waals surface area contributed by atoms with E-state index in [0.29, 0.717) is 6.04 Å². The van der Waals surface area contributed by atoms with Crippen LogP contribution in [0.2, 0.25) is 0 Å². The summed E-state index contributed by atoms with van der Waals surface area (Å²) in [5.41, 5.74) is 5.12. The number of ether oxygens (including phenoxy) is 1. The third-order valence-electron chi connectivity index (χ3n) is 5.63. The zero-order valence-corrected chi connectivity index (χ0v) is 17.6. The molecule has 1 saturated heterocycles. The van der Waals surface area contributed by atoms with Gasteiger partial charge < -0.3 is 9.57 Å². The minimum Gasteiger partial charge on any atom is -0.497 e. The van der Waals surface area contributed by atoms with Crippen molar-refractivity contribution in [2.45, 2.75) is 45.1 Å². The maximum absolute atomic E-state index is 6.14. The molecule has 0 saturated carbocycles. The van der Waals surface area contributed by atoms with Crippen molar-refractivity contribution in [3.63, 3.8) is 0 Å². The van der Waals surface area contributed by atoms with Gasteiger partial charge in [0.15, 0.2) is 0 Å². The molecule has 4 heteroatoms. The average molecular weight is 428 g/mol. The molecule has 0 N–H and O–H groups in total. The summed E-state index contributed by atoms with van der Waals surface area (Å²) in [6.07, 6.45) is 5.63. The van der Waals surface area contributed by atoms with Gasteiger partial charge in [0.1, 0.15) is 11.5 Å². The zero-order valence-electron chi connectivity index (χ0n) is 16.0. The van der Waals surface area contributed by atoms with E-state index in [9.17, 15) is 0 Å². The number of benzene rings is 2. The van der Waals surface area contributed by atoms with Crippen LogP contribution in [0.25, 0.3) is 5.57 Å². The molecular formula is C23H26BrNO2. The lowest BCUT2D eigenvalue weighted by atomic mass is 9.87. The topological polar surface area (TPSA) is 21.7 Å². The normalized spacial score (nSPS) is 19.9. The molecule has 142 valence electrons. The summed E-state index contributed by atoms with van der Waals surface area (Å²) in [4.78, 5) is 6.14. The number of rotatable bonds is 5. The molecule has 1 atom stereocenters. The molecule has 1 aliphatic heterocycles. The summed E-state index contributed by atoms with van der Waals surface area (Å²) < 4.78 is 6.66. The Bertz CT molecular complexity index is 844. The van der Waals surface area contributed by atoms with Gasteiger partial charge in [-0.05, 0) is 78.6 Å². The van der Waals surface area contributed by atoms with Gasteiger partial charge in [-0.15, -0.1) is 5.06 Å². The van der Waals surface area contributed by atoms with E-state index in [-0.39, 0.29) is 0 Å². The van der Waals surface area contributed by atoms with Crippen LogP contribution >= 0.6 is 15.9 Å². The van der Waals surface area contributed by atoms with E-state index < -0.39 is 0 Å². The van der Waals surface area contributed by atoms with E-state index in [0.717, 1.165) is 37.3 Å². The van der Waals surface area contributed by atoms with Crippen molar-refractivity contribution in [2.24, 2.45) is 0 Å². The van der Waals surface area contributed by atoms with Crippen LogP contribution in [0.4, 0.5) is 0 Å². The fourth-order valence-electron chi connectivity index (χ4n) is 4.13. The summed E-state index contributed by atoms with van der Waals surface area (Å²) in [6.45, 7) is 3.25. The molecule has 2 aromatic rings. The molecule has 0 radical (unpaired) electrons. The third-order valence-corrected chi connectivity index (χ3v) is 6.42. The number of methoxy groups -OCH3 is 1. The second kappa shape index (κ2) is 8.07. The number of hydrogen-bond donors (Lipinski definition) is 0. The Kier molecular flexibility index (Phi) is 5.55. The average Bonchev–Trinajstić information content (AvgIpc) is 3.15. The first-order valence-corrected chi connectivity index (χ1v) is 10.6. The Hall–Kier alpha value is -1.78. The second-order valence-corrected chi connectivity index (χ2v) is 8.22. The fourth-order valence-corrected chi connectivity index (χ4v) is 4.77. The van der Waals surface area contributed by atoms with Gasteiger partial charge in [0.2, 0.25) is 0 Å². The molecule has 27 heavy (non-hydrogen) atoms. The summed E-state index contributed by atoms with van der Waals surface area (Å²) in [7, 11) is 1.72. The van der Waals surface area contributed by atoms with Gasteiger partial charge in [-0.1, -0.05) is 41.1 Å². The quantitative estimate of drug-likeness (QED) is 0.586. The maximum atomic E-state index is 6.14. The van der Waals surface area contributed by atoms with Crippen molar-refractivity contribution in [1.82, 2.24) is 5.06 Å². The molecule has 0 amide bonds. The molecule has 1 aliphatic carbocycles. The fraction of sp³-hybridized carbons (Fsp3) is 0.391. The molecule has 1 fully saturated rings. The maximum Gasteiger partial charge on any atom is 0.147 e. The van der Waals surface area contributed by atoms with Crippen molar-refractivity contribution in [3.8, 4) is 11.5 Å². The van der Waals surface area contributed by atoms with E-state index in [4.69, 9.17) is 9.57 Å². The van der Waals surface area contributed by atoms with Crippen molar-refractivity contribution < 1.29 is 9.57 Å². The predicted octanol–water partition coefficient (Wildman–Crippen LogP) is 5.96. The minimum absolute atomic E-state index is 0.543. The number of halogens is 1. The van der Waals surface area contributed by atoms with Crippen LogP contribution in [0.5, 0.6) is 11.5 Å². The summed E-state index contributed by atoms with van der Waals surface area (Å²) in [5, 5.41) is 2.15. The molecule has 2 aromatic carbocycles. The molecular weight excluding hydrogens is 402 g/mol. The van der Waals surface area contributed by atoms with Gasteiger partial charge in [-0.25, -0.2) is 0 Å². The lowest BCUT2D eigenvalue weighted by Crippen LogP contribution is -2.32. The summed E-state index contributed by atoms with van der Waals surface area (Å²) in [5.74, 6) is 1.84. The molecule has 4 rings (SSSR count). The van der Waals surface area contributed by atoms with E-state index in [2.05, 4.69) is 64.3 Å². The van der Waals surface area contributed by atoms with E-state index in [1.54, 1.807) is 7.11 Å². The highest BCUT2D eigenvalue weighted by molar-refractivity contribution is 9.11. The Morgan fingerprint density at radius 2 is 1.85 bits per heavy atom. The molecule has 3 nitrogen and oxygen atoms in total. The van der Waals surface area contributed by atoms with Gasteiger partial charge in [-0.2, -0.15) is 0 Å². The van der Waals surface area contributed by atoms with E-state index in [1.807, 2.05) is 6.07 Å². The Balaban J connectivity index is 1.58. The highest BCUT2D eigenvalue weighted by atomic mass is 79.9. The Morgan fingerprint density at radius 1 is 1.07 bits per heavy atom. The van der Waals surface area contributed by atoms with Crippen LogP contribution in [-0.4, -0.2) is 24.8 Å². The summed E-state index contributed by atoms with van der Waals surface area (Å²) >= 11 is 3.81. The smallest absolute Gasteiger partial charge is 0.147 e. The first-order valence-electron chi connectivity index (χ1n) is 9.80. The Morgan fingerprint density at radius 3 is 2.59 bits per heavy atom. The molecule has 2 aliphatic rings. The highest BCUT2D eigenvalue weighted by Crippen LogP contribution is 2.40. The first kappa shape index (κ1) is 18.6. The van der Waals surface area contributed by atoms with Crippen molar-refractivity contribution in [1.29, 1.82) is 0 Å². The molecule has 0 aromatic heterocycles. The number of hydroxylamine groups is 2. The zero-order chi connectivity index (χ0) is 18.8. The highest BCUT2D eigenvalue weighted by Gasteiger charge is 2.25. The van der Waals surface area contributed by atoms with Crippen LogP contribution in [0.15, 0.2) is 46.9 Å². The first-order chi connectivity index (χ1) is 13.2. The predicted molar refractivity (Wildman–Crippen MR) is 113 cm³/mol. The monoisotopic (exact) mass is 427 g/mol. The van der Waals surface area contributed by atoms with Crippen LogP contribution in [-0.2, 0) is 6.42 Å². The van der Waals surface area contributed by atoms with Gasteiger partial charge in [0.05, 0.1) is 7.11 Å². The number of hydrogen-bond acceptors (Lipinski definition) is 3. The minimum atomic E-state index is 0.543. The number of nitrogens with zero attached hydrogens (tertiary/aromatic N) is 1. The SMILES string of the molecule is CCC1CCCN1Oc1ccc(C2=C(Br)CCc3cc(OC)ccc32)cc1. The molecule has 0 spiro atoms. The summed E-state index contributed by atoms with van der Waals surface area (Å²) in [6, 6.07) is 15.4. The van der Waals surface area contributed by atoms with E-state index in [1.165, 1.54) is 39.6 Å². The molecule has 0 bridgehead atoms. The third kappa shape index (κ3) is 3.78. The van der Waals surface area contributed by atoms with Crippen molar-refractivity contribution in [3.05, 3.63) is 63.6 Å². The second-order valence-electron chi connectivity index (χ2n) is 7.26. The van der Waals surface area contributed by atoms with Crippen LogP contribution in [0, 0.1) is 0 Å². The standard InChI is InChI=1S/C23H26BrNO2/c1-3-18-5-4-14-25(18)27-19-9-6-16(7-10-19)23-21-12-11-20(26-2)15-17(21)8-13-22(23)24/h6-7,9-12,15,18H,3-5,8,13-14H2,1-2H3. The van der Waals surface area contributed by atoms with Gasteiger partial charge in [0.25, 0.3) is 0 Å². The van der Waals surface area contributed by atoms with Crippen LogP contribution in [0.3, 0.4) is 0 Å². The van der Waals surface area contributed by atoms with Crippen LogP contribution in [0.1, 0.15) is 49.3 Å². The molecule has 1 unspecified atom stereocenters. The Labute approximate surface area is 170 Å².